The Labute approximate surface area is 209 Å². The Morgan fingerprint density at radius 2 is 0.771 bits per heavy atom. The molecule has 0 aliphatic heterocycles. The Balaban J connectivity index is 2.19. The van der Waals surface area contributed by atoms with Crippen LogP contribution < -0.4 is 0 Å². The minimum Gasteiger partial charge on any atom is -0.508 e. The van der Waals surface area contributed by atoms with Crippen LogP contribution in [0.2, 0.25) is 0 Å². The predicted molar refractivity (Wildman–Crippen MR) is 145 cm³/mol. The third kappa shape index (κ3) is 4.46. The molecule has 2 heteroatoms. The smallest absolute Gasteiger partial charge is 0.119 e. The zero-order chi connectivity index (χ0) is 25.4. The van der Waals surface area contributed by atoms with Crippen LogP contribution in [0.15, 0.2) is 97.1 Å². The summed E-state index contributed by atoms with van der Waals surface area (Å²) < 4.78 is 0. The van der Waals surface area contributed by atoms with Crippen molar-refractivity contribution in [1.29, 1.82) is 0 Å². The zero-order valence-corrected chi connectivity index (χ0v) is 21.6. The molecule has 0 saturated heterocycles. The van der Waals surface area contributed by atoms with E-state index >= 15 is 0 Å². The SMILES string of the molecule is CC(C)(C)c1cc(C(c2ccccc2)(c2ccccc2)c2ccc(O)c(C(C)(C)C)c2)ccc1O. The molecule has 2 nitrogen and oxygen atoms in total. The third-order valence-electron chi connectivity index (χ3n) is 6.89. The molecule has 0 spiro atoms. The van der Waals surface area contributed by atoms with E-state index in [-0.39, 0.29) is 10.8 Å². The highest BCUT2D eigenvalue weighted by Gasteiger charge is 2.40. The lowest BCUT2D eigenvalue weighted by molar-refractivity contribution is 0.445. The molecule has 0 saturated carbocycles. The van der Waals surface area contributed by atoms with Crippen molar-refractivity contribution in [3.05, 3.63) is 130 Å². The minimum atomic E-state index is -0.649. The Hall–Kier alpha value is -3.52. The van der Waals surface area contributed by atoms with E-state index in [9.17, 15) is 10.2 Å². The molecule has 35 heavy (non-hydrogen) atoms. The maximum atomic E-state index is 10.8. The van der Waals surface area contributed by atoms with Gasteiger partial charge in [-0.1, -0.05) is 126 Å². The minimum absolute atomic E-state index is 0.231. The molecule has 0 aromatic heterocycles. The molecular weight excluding hydrogens is 428 g/mol. The van der Waals surface area contributed by atoms with Gasteiger partial charge in [-0.3, -0.25) is 0 Å². The van der Waals surface area contributed by atoms with E-state index in [0.717, 1.165) is 33.4 Å². The second-order valence-electron chi connectivity index (χ2n) is 11.4. The van der Waals surface area contributed by atoms with Crippen molar-refractivity contribution < 1.29 is 10.2 Å². The average Bonchev–Trinajstić information content (AvgIpc) is 2.81. The second-order valence-corrected chi connectivity index (χ2v) is 11.4. The maximum absolute atomic E-state index is 10.8. The molecular formula is C33H36O2. The summed E-state index contributed by atoms with van der Waals surface area (Å²) in [4.78, 5) is 0. The molecule has 0 aliphatic rings. The lowest BCUT2D eigenvalue weighted by Gasteiger charge is -2.38. The molecule has 0 radical (unpaired) electrons. The van der Waals surface area contributed by atoms with Gasteiger partial charge in [-0.15, -0.1) is 0 Å². The Bertz CT molecular complexity index is 1200. The highest BCUT2D eigenvalue weighted by molar-refractivity contribution is 5.63. The zero-order valence-electron chi connectivity index (χ0n) is 21.6. The Morgan fingerprint density at radius 3 is 1.09 bits per heavy atom. The van der Waals surface area contributed by atoms with Crippen molar-refractivity contribution >= 4 is 0 Å². The van der Waals surface area contributed by atoms with E-state index in [2.05, 4.69) is 102 Å². The summed E-state index contributed by atoms with van der Waals surface area (Å²) in [6.07, 6.45) is 0. The maximum Gasteiger partial charge on any atom is 0.119 e. The monoisotopic (exact) mass is 464 g/mol. The van der Waals surface area contributed by atoms with Crippen molar-refractivity contribution in [2.24, 2.45) is 0 Å². The summed E-state index contributed by atoms with van der Waals surface area (Å²) in [5.74, 6) is 0.606. The first-order chi connectivity index (χ1) is 16.5. The number of hydrogen-bond acceptors (Lipinski definition) is 2. The summed E-state index contributed by atoms with van der Waals surface area (Å²) in [7, 11) is 0. The molecule has 2 N–H and O–H groups in total. The van der Waals surface area contributed by atoms with Gasteiger partial charge in [-0.25, -0.2) is 0 Å². The van der Waals surface area contributed by atoms with Gasteiger partial charge in [0, 0.05) is 0 Å². The number of phenols is 2. The van der Waals surface area contributed by atoms with E-state index in [1.165, 1.54) is 0 Å². The first kappa shape index (κ1) is 24.6. The van der Waals surface area contributed by atoms with E-state index in [0.29, 0.717) is 11.5 Å². The third-order valence-corrected chi connectivity index (χ3v) is 6.89. The van der Waals surface area contributed by atoms with Crippen molar-refractivity contribution in [1.82, 2.24) is 0 Å². The van der Waals surface area contributed by atoms with Crippen LogP contribution in [0.25, 0.3) is 0 Å². The Morgan fingerprint density at radius 1 is 0.429 bits per heavy atom. The first-order valence-electron chi connectivity index (χ1n) is 12.2. The van der Waals surface area contributed by atoms with E-state index in [4.69, 9.17) is 0 Å². The Kier molecular flexibility index (Phi) is 6.27. The molecule has 4 aromatic rings. The predicted octanol–water partition coefficient (Wildman–Crippen LogP) is 8.08. The van der Waals surface area contributed by atoms with Gasteiger partial charge in [0.05, 0.1) is 5.41 Å². The molecule has 0 unspecified atom stereocenters. The highest BCUT2D eigenvalue weighted by atomic mass is 16.3. The fourth-order valence-electron chi connectivity index (χ4n) is 5.12. The quantitative estimate of drug-likeness (QED) is 0.300. The lowest BCUT2D eigenvalue weighted by Crippen LogP contribution is -2.32. The number of benzene rings is 4. The molecule has 180 valence electrons. The van der Waals surface area contributed by atoms with Crippen molar-refractivity contribution in [3.8, 4) is 11.5 Å². The summed E-state index contributed by atoms with van der Waals surface area (Å²) in [5.41, 5.74) is 5.09. The van der Waals surface area contributed by atoms with Crippen LogP contribution in [-0.4, -0.2) is 10.2 Å². The van der Waals surface area contributed by atoms with Crippen molar-refractivity contribution in [3.63, 3.8) is 0 Å². The van der Waals surface area contributed by atoms with Gasteiger partial charge in [0.2, 0.25) is 0 Å². The largest absolute Gasteiger partial charge is 0.508 e. The van der Waals surface area contributed by atoms with Crippen LogP contribution >= 0.6 is 0 Å². The van der Waals surface area contributed by atoms with Gasteiger partial charge in [-0.2, -0.15) is 0 Å². The van der Waals surface area contributed by atoms with Gasteiger partial charge >= 0.3 is 0 Å². The normalized spacial score (nSPS) is 12.5. The van der Waals surface area contributed by atoms with Gasteiger partial charge in [0.15, 0.2) is 0 Å². The van der Waals surface area contributed by atoms with E-state index in [1.807, 2.05) is 36.4 Å². The molecule has 0 fully saturated rings. The van der Waals surface area contributed by atoms with Crippen molar-refractivity contribution in [2.45, 2.75) is 57.8 Å². The number of hydrogen-bond donors (Lipinski definition) is 2. The molecule has 0 atom stereocenters. The van der Waals surface area contributed by atoms with Crippen LogP contribution in [0.1, 0.15) is 74.9 Å². The van der Waals surface area contributed by atoms with Gasteiger partial charge in [0.25, 0.3) is 0 Å². The summed E-state index contributed by atoms with van der Waals surface area (Å²) in [5, 5.41) is 21.6. The van der Waals surface area contributed by atoms with Crippen LogP contribution in [0.3, 0.4) is 0 Å². The highest BCUT2D eigenvalue weighted by Crippen LogP contribution is 2.48. The van der Waals surface area contributed by atoms with E-state index in [1.54, 1.807) is 0 Å². The molecule has 0 amide bonds. The fraction of sp³-hybridized carbons (Fsp3) is 0.273. The van der Waals surface area contributed by atoms with Gasteiger partial charge < -0.3 is 10.2 Å². The van der Waals surface area contributed by atoms with Crippen LogP contribution in [0.4, 0.5) is 0 Å². The first-order valence-corrected chi connectivity index (χ1v) is 12.2. The second kappa shape index (κ2) is 8.92. The van der Waals surface area contributed by atoms with Gasteiger partial charge in [-0.05, 0) is 56.3 Å². The van der Waals surface area contributed by atoms with Crippen LogP contribution in [0.5, 0.6) is 11.5 Å². The van der Waals surface area contributed by atoms with Crippen molar-refractivity contribution in [2.75, 3.05) is 0 Å². The van der Waals surface area contributed by atoms with Crippen LogP contribution in [0, 0.1) is 0 Å². The molecule has 4 rings (SSSR count). The lowest BCUT2D eigenvalue weighted by atomic mass is 9.63. The summed E-state index contributed by atoms with van der Waals surface area (Å²) in [6, 6.07) is 33.0. The van der Waals surface area contributed by atoms with Gasteiger partial charge in [0.1, 0.15) is 11.5 Å². The fourth-order valence-corrected chi connectivity index (χ4v) is 5.12. The topological polar surface area (TPSA) is 40.5 Å². The number of phenolic OH excluding ortho intramolecular Hbond substituents is 2. The number of rotatable bonds is 4. The molecule has 0 aliphatic carbocycles. The van der Waals surface area contributed by atoms with E-state index < -0.39 is 5.41 Å². The van der Waals surface area contributed by atoms with Crippen LogP contribution in [-0.2, 0) is 16.2 Å². The molecule has 0 heterocycles. The molecule has 0 bridgehead atoms. The summed E-state index contributed by atoms with van der Waals surface area (Å²) in [6.45, 7) is 12.7. The number of aromatic hydroxyl groups is 2. The average molecular weight is 465 g/mol. The standard InChI is InChI=1S/C33H36O2/c1-31(2,3)27-21-25(17-19-29(27)34)33(23-13-9-7-10-14-23,24-15-11-8-12-16-24)26-18-20-30(35)28(22-26)32(4,5)6/h7-22,34-35H,1-6H3. The molecule has 4 aromatic carbocycles. The summed E-state index contributed by atoms with van der Waals surface area (Å²) >= 11 is 0.